The SMILES string of the molecule is CCNS(=O)(=O)C1CCN(C(=O)c2cccc(C(=O)O)c2)C1. The largest absolute Gasteiger partial charge is 0.478 e. The maximum absolute atomic E-state index is 12.4. The van der Waals surface area contributed by atoms with Gasteiger partial charge < -0.3 is 10.0 Å². The highest BCUT2D eigenvalue weighted by Crippen LogP contribution is 2.19. The molecule has 1 unspecified atom stereocenters. The zero-order chi connectivity index (χ0) is 16.3. The predicted octanol–water partition coefficient (Wildman–Crippen LogP) is 0.539. The van der Waals surface area contributed by atoms with Gasteiger partial charge in [0, 0.05) is 25.2 Å². The highest BCUT2D eigenvalue weighted by atomic mass is 32.2. The maximum atomic E-state index is 12.4. The molecule has 1 saturated heterocycles. The van der Waals surface area contributed by atoms with Crippen LogP contribution in [0.5, 0.6) is 0 Å². The summed E-state index contributed by atoms with van der Waals surface area (Å²) in [6.45, 7) is 2.47. The molecule has 1 aliphatic heterocycles. The number of hydrogen-bond acceptors (Lipinski definition) is 4. The van der Waals surface area contributed by atoms with E-state index < -0.39 is 21.2 Å². The van der Waals surface area contributed by atoms with Gasteiger partial charge in [-0.25, -0.2) is 17.9 Å². The standard InChI is InChI=1S/C14H18N2O5S/c1-2-15-22(20,21)12-6-7-16(9-12)13(17)10-4-3-5-11(8-10)14(18)19/h3-5,8,12,15H,2,6-7,9H2,1H3,(H,18,19). The average molecular weight is 326 g/mol. The second-order valence-electron chi connectivity index (χ2n) is 5.09. The van der Waals surface area contributed by atoms with E-state index in [-0.39, 0.29) is 23.6 Å². The van der Waals surface area contributed by atoms with Crippen molar-refractivity contribution in [2.45, 2.75) is 18.6 Å². The minimum atomic E-state index is -3.42. The van der Waals surface area contributed by atoms with Crippen LogP contribution in [0.4, 0.5) is 0 Å². The zero-order valence-corrected chi connectivity index (χ0v) is 13.0. The first kappa shape index (κ1) is 16.4. The summed E-state index contributed by atoms with van der Waals surface area (Å²) in [4.78, 5) is 24.8. The second kappa shape index (κ2) is 6.45. The lowest BCUT2D eigenvalue weighted by Gasteiger charge is -2.17. The maximum Gasteiger partial charge on any atom is 0.335 e. The van der Waals surface area contributed by atoms with Crippen LogP contribution in [0.1, 0.15) is 34.1 Å². The summed E-state index contributed by atoms with van der Waals surface area (Å²) in [6, 6.07) is 5.73. The van der Waals surface area contributed by atoms with Crippen molar-refractivity contribution in [2.24, 2.45) is 0 Å². The first-order chi connectivity index (χ1) is 10.3. The van der Waals surface area contributed by atoms with E-state index in [2.05, 4.69) is 4.72 Å². The van der Waals surface area contributed by atoms with E-state index in [9.17, 15) is 18.0 Å². The van der Waals surface area contributed by atoms with Crippen LogP contribution in [-0.2, 0) is 10.0 Å². The predicted molar refractivity (Wildman–Crippen MR) is 80.3 cm³/mol. The Labute approximate surface area is 129 Å². The van der Waals surface area contributed by atoms with Gasteiger partial charge in [-0.1, -0.05) is 13.0 Å². The van der Waals surface area contributed by atoms with Crippen molar-refractivity contribution < 1.29 is 23.1 Å². The van der Waals surface area contributed by atoms with Gasteiger partial charge in [-0.05, 0) is 24.6 Å². The molecule has 0 aromatic heterocycles. The zero-order valence-electron chi connectivity index (χ0n) is 12.2. The number of carboxylic acids is 1. The van der Waals surface area contributed by atoms with Crippen LogP contribution < -0.4 is 4.72 Å². The molecule has 0 radical (unpaired) electrons. The van der Waals surface area contributed by atoms with E-state index in [4.69, 9.17) is 5.11 Å². The Bertz CT molecular complexity index is 686. The van der Waals surface area contributed by atoms with E-state index in [0.29, 0.717) is 19.5 Å². The Morgan fingerprint density at radius 1 is 1.36 bits per heavy atom. The van der Waals surface area contributed by atoms with Crippen molar-refractivity contribution in [1.82, 2.24) is 9.62 Å². The van der Waals surface area contributed by atoms with Gasteiger partial charge in [-0.2, -0.15) is 0 Å². The fourth-order valence-electron chi connectivity index (χ4n) is 2.45. The van der Waals surface area contributed by atoms with Crippen LogP contribution in [0.25, 0.3) is 0 Å². The third kappa shape index (κ3) is 3.45. The molecule has 1 fully saturated rings. The molecule has 0 aliphatic carbocycles. The highest BCUT2D eigenvalue weighted by molar-refractivity contribution is 7.90. The Morgan fingerprint density at radius 3 is 2.68 bits per heavy atom. The Morgan fingerprint density at radius 2 is 2.05 bits per heavy atom. The fourth-order valence-corrected chi connectivity index (χ4v) is 3.88. The van der Waals surface area contributed by atoms with Crippen molar-refractivity contribution in [2.75, 3.05) is 19.6 Å². The molecule has 2 rings (SSSR count). The molecule has 1 atom stereocenters. The van der Waals surface area contributed by atoms with E-state index in [1.54, 1.807) is 6.92 Å². The third-order valence-corrected chi connectivity index (χ3v) is 5.53. The van der Waals surface area contributed by atoms with Crippen molar-refractivity contribution in [1.29, 1.82) is 0 Å². The van der Waals surface area contributed by atoms with Gasteiger partial charge in [0.15, 0.2) is 0 Å². The van der Waals surface area contributed by atoms with Crippen LogP contribution in [0.3, 0.4) is 0 Å². The summed E-state index contributed by atoms with van der Waals surface area (Å²) in [5, 5.41) is 8.33. The number of likely N-dealkylation sites (tertiary alicyclic amines) is 1. The number of carbonyl (C=O) groups is 2. The number of sulfonamides is 1. The molecular formula is C14H18N2O5S. The molecule has 0 spiro atoms. The van der Waals surface area contributed by atoms with Gasteiger partial charge in [0.1, 0.15) is 0 Å². The minimum Gasteiger partial charge on any atom is -0.478 e. The summed E-state index contributed by atoms with van der Waals surface area (Å²) in [5.41, 5.74) is 0.281. The molecule has 22 heavy (non-hydrogen) atoms. The first-order valence-corrected chi connectivity index (χ1v) is 8.51. The molecule has 0 saturated carbocycles. The number of amides is 1. The number of rotatable bonds is 5. The molecule has 1 aromatic carbocycles. The number of nitrogens with one attached hydrogen (secondary N) is 1. The molecular weight excluding hydrogens is 308 g/mol. The lowest BCUT2D eigenvalue weighted by Crippen LogP contribution is -2.37. The summed E-state index contributed by atoms with van der Waals surface area (Å²) < 4.78 is 26.4. The van der Waals surface area contributed by atoms with Gasteiger partial charge in [-0.15, -0.1) is 0 Å². The number of aromatic carboxylic acids is 1. The molecule has 1 heterocycles. The Balaban J connectivity index is 2.12. The van der Waals surface area contributed by atoms with Gasteiger partial charge in [0.2, 0.25) is 10.0 Å². The van der Waals surface area contributed by atoms with Gasteiger partial charge in [-0.3, -0.25) is 4.79 Å². The van der Waals surface area contributed by atoms with Crippen LogP contribution in [0, 0.1) is 0 Å². The molecule has 1 aromatic rings. The van der Waals surface area contributed by atoms with Crippen molar-refractivity contribution in [3.05, 3.63) is 35.4 Å². The smallest absolute Gasteiger partial charge is 0.335 e. The van der Waals surface area contributed by atoms with Crippen molar-refractivity contribution >= 4 is 21.9 Å². The van der Waals surface area contributed by atoms with Crippen LogP contribution >= 0.6 is 0 Å². The van der Waals surface area contributed by atoms with Crippen LogP contribution in [0.2, 0.25) is 0 Å². The quantitative estimate of drug-likeness (QED) is 0.822. The van der Waals surface area contributed by atoms with Crippen molar-refractivity contribution in [3.63, 3.8) is 0 Å². The molecule has 8 heteroatoms. The van der Waals surface area contributed by atoms with Gasteiger partial charge in [0.25, 0.3) is 5.91 Å². The van der Waals surface area contributed by atoms with Crippen LogP contribution in [-0.4, -0.2) is 55.2 Å². The molecule has 1 amide bonds. The minimum absolute atomic E-state index is 0.0295. The lowest BCUT2D eigenvalue weighted by molar-refractivity contribution is 0.0697. The first-order valence-electron chi connectivity index (χ1n) is 6.96. The molecule has 0 bridgehead atoms. The molecule has 120 valence electrons. The highest BCUT2D eigenvalue weighted by Gasteiger charge is 2.35. The molecule has 2 N–H and O–H groups in total. The topological polar surface area (TPSA) is 104 Å². The number of nitrogens with zero attached hydrogens (tertiary/aromatic N) is 1. The summed E-state index contributed by atoms with van der Waals surface area (Å²) in [6.07, 6.45) is 0.375. The number of carboxylic acid groups (broad SMARTS) is 1. The molecule has 7 nitrogen and oxygen atoms in total. The average Bonchev–Trinajstić information content (AvgIpc) is 2.97. The Hall–Kier alpha value is -1.93. The van der Waals surface area contributed by atoms with Crippen molar-refractivity contribution in [3.8, 4) is 0 Å². The Kier molecular flexibility index (Phi) is 4.82. The summed E-state index contributed by atoms with van der Waals surface area (Å²) >= 11 is 0. The second-order valence-corrected chi connectivity index (χ2v) is 7.14. The van der Waals surface area contributed by atoms with E-state index in [0.717, 1.165) is 0 Å². The van der Waals surface area contributed by atoms with E-state index in [1.807, 2.05) is 0 Å². The van der Waals surface area contributed by atoms with Gasteiger partial charge >= 0.3 is 5.97 Å². The summed E-state index contributed by atoms with van der Waals surface area (Å²) in [7, 11) is -3.42. The third-order valence-electron chi connectivity index (χ3n) is 3.57. The monoisotopic (exact) mass is 326 g/mol. The fraction of sp³-hybridized carbons (Fsp3) is 0.429. The van der Waals surface area contributed by atoms with Gasteiger partial charge in [0.05, 0.1) is 10.8 Å². The number of hydrogen-bond donors (Lipinski definition) is 2. The number of carbonyl (C=O) groups excluding carboxylic acids is 1. The molecule has 1 aliphatic rings. The van der Waals surface area contributed by atoms with Crippen LogP contribution in [0.15, 0.2) is 24.3 Å². The lowest BCUT2D eigenvalue weighted by atomic mass is 10.1. The summed E-state index contributed by atoms with van der Waals surface area (Å²) in [5.74, 6) is -1.46. The normalized spacial score (nSPS) is 18.4. The van der Waals surface area contributed by atoms with E-state index >= 15 is 0 Å². The van der Waals surface area contributed by atoms with E-state index in [1.165, 1.54) is 29.2 Å². The number of benzene rings is 1.